The molecule has 2 amide bonds. The quantitative estimate of drug-likeness (QED) is 0.874. The number of anilines is 2. The van der Waals surface area contributed by atoms with Crippen LogP contribution < -0.4 is 15.4 Å². The highest BCUT2D eigenvalue weighted by atomic mass is 32.1. The number of amides is 2. The maximum Gasteiger partial charge on any atom is 0.274 e. The number of thiazole rings is 1. The van der Waals surface area contributed by atoms with E-state index in [0.29, 0.717) is 23.9 Å². The van der Waals surface area contributed by atoms with Gasteiger partial charge in [-0.1, -0.05) is 0 Å². The molecular formula is C17H20N4O3S. The van der Waals surface area contributed by atoms with Crippen molar-refractivity contribution >= 4 is 34.0 Å². The lowest BCUT2D eigenvalue weighted by molar-refractivity contribution is -0.133. The van der Waals surface area contributed by atoms with E-state index in [4.69, 9.17) is 4.74 Å². The SMILES string of the molecule is COc1ccc(Nc2nc(C(=O)N3CCNC(=O)C3(C)C)cs2)cc1. The van der Waals surface area contributed by atoms with Gasteiger partial charge in [0.25, 0.3) is 5.91 Å². The first kappa shape index (κ1) is 17.2. The van der Waals surface area contributed by atoms with E-state index in [1.807, 2.05) is 24.3 Å². The molecule has 0 unspecified atom stereocenters. The molecule has 2 N–H and O–H groups in total. The highest BCUT2D eigenvalue weighted by Crippen LogP contribution is 2.25. The van der Waals surface area contributed by atoms with E-state index in [1.165, 1.54) is 11.3 Å². The molecule has 2 aromatic rings. The molecule has 1 aromatic carbocycles. The number of hydrogen-bond donors (Lipinski definition) is 2. The fourth-order valence-electron chi connectivity index (χ4n) is 2.62. The summed E-state index contributed by atoms with van der Waals surface area (Å²) in [5.41, 5.74) is 0.304. The fraction of sp³-hybridized carbons (Fsp3) is 0.353. The minimum atomic E-state index is -0.886. The number of carbonyl (C=O) groups is 2. The number of methoxy groups -OCH3 is 1. The van der Waals surface area contributed by atoms with Crippen LogP contribution in [0.4, 0.5) is 10.8 Å². The van der Waals surface area contributed by atoms with E-state index >= 15 is 0 Å². The first-order valence-corrected chi connectivity index (χ1v) is 8.76. The third-order valence-electron chi connectivity index (χ3n) is 4.16. The molecule has 0 aliphatic carbocycles. The topological polar surface area (TPSA) is 83.6 Å². The molecule has 8 heteroatoms. The lowest BCUT2D eigenvalue weighted by Crippen LogP contribution is -2.63. The normalized spacial score (nSPS) is 16.3. The second kappa shape index (κ2) is 6.72. The Balaban J connectivity index is 1.74. The molecule has 1 aliphatic rings. The zero-order valence-electron chi connectivity index (χ0n) is 14.3. The summed E-state index contributed by atoms with van der Waals surface area (Å²) in [6, 6.07) is 7.44. The van der Waals surface area contributed by atoms with Crippen molar-refractivity contribution in [1.82, 2.24) is 15.2 Å². The molecule has 0 saturated carbocycles. The number of piperazine rings is 1. The van der Waals surface area contributed by atoms with Crippen LogP contribution in [0.5, 0.6) is 5.75 Å². The molecule has 1 fully saturated rings. The monoisotopic (exact) mass is 360 g/mol. The average molecular weight is 360 g/mol. The summed E-state index contributed by atoms with van der Waals surface area (Å²) in [5.74, 6) is 0.379. The van der Waals surface area contributed by atoms with E-state index < -0.39 is 5.54 Å². The Bertz CT molecular complexity index is 785. The second-order valence-electron chi connectivity index (χ2n) is 6.16. The number of benzene rings is 1. The van der Waals surface area contributed by atoms with Crippen LogP contribution in [-0.4, -0.2) is 47.4 Å². The highest BCUT2D eigenvalue weighted by molar-refractivity contribution is 7.14. The lowest BCUT2D eigenvalue weighted by atomic mass is 9.98. The molecule has 0 atom stereocenters. The summed E-state index contributed by atoms with van der Waals surface area (Å²) in [7, 11) is 1.61. The first-order valence-electron chi connectivity index (χ1n) is 7.88. The summed E-state index contributed by atoms with van der Waals surface area (Å²) in [4.78, 5) is 30.7. The van der Waals surface area contributed by atoms with Crippen LogP contribution in [0.25, 0.3) is 0 Å². The van der Waals surface area contributed by atoms with Crippen LogP contribution in [0.15, 0.2) is 29.6 Å². The van der Waals surface area contributed by atoms with Crippen molar-refractivity contribution in [3.63, 3.8) is 0 Å². The Morgan fingerprint density at radius 2 is 2.08 bits per heavy atom. The maximum atomic E-state index is 12.8. The second-order valence-corrected chi connectivity index (χ2v) is 7.02. The molecule has 25 heavy (non-hydrogen) atoms. The van der Waals surface area contributed by atoms with Crippen molar-refractivity contribution in [2.24, 2.45) is 0 Å². The molecule has 0 radical (unpaired) electrons. The standard InChI is InChI=1S/C17H20N4O3S/c1-17(2)15(23)18-8-9-21(17)14(22)13-10-25-16(20-13)19-11-4-6-12(24-3)7-5-11/h4-7,10H,8-9H2,1-3H3,(H,18,23)(H,19,20). The van der Waals surface area contributed by atoms with Gasteiger partial charge >= 0.3 is 0 Å². The Morgan fingerprint density at radius 1 is 1.36 bits per heavy atom. The minimum Gasteiger partial charge on any atom is -0.497 e. The largest absolute Gasteiger partial charge is 0.497 e. The number of carbonyl (C=O) groups excluding carboxylic acids is 2. The van der Waals surface area contributed by atoms with E-state index in [1.54, 1.807) is 31.2 Å². The molecular weight excluding hydrogens is 340 g/mol. The van der Waals surface area contributed by atoms with E-state index in [9.17, 15) is 9.59 Å². The third-order valence-corrected chi connectivity index (χ3v) is 4.92. The lowest BCUT2D eigenvalue weighted by Gasteiger charge is -2.40. The van der Waals surface area contributed by atoms with Gasteiger partial charge in [0, 0.05) is 24.2 Å². The van der Waals surface area contributed by atoms with Crippen LogP contribution in [0.1, 0.15) is 24.3 Å². The number of rotatable bonds is 4. The van der Waals surface area contributed by atoms with E-state index in [2.05, 4.69) is 15.6 Å². The maximum absolute atomic E-state index is 12.8. The zero-order chi connectivity index (χ0) is 18.0. The summed E-state index contributed by atoms with van der Waals surface area (Å²) in [6.07, 6.45) is 0. The van der Waals surface area contributed by atoms with Gasteiger partial charge in [-0.15, -0.1) is 11.3 Å². The van der Waals surface area contributed by atoms with Gasteiger partial charge in [-0.25, -0.2) is 4.98 Å². The smallest absolute Gasteiger partial charge is 0.274 e. The molecule has 1 aliphatic heterocycles. The third kappa shape index (κ3) is 3.43. The summed E-state index contributed by atoms with van der Waals surface area (Å²) in [5, 5.41) is 8.27. The van der Waals surface area contributed by atoms with Crippen molar-refractivity contribution < 1.29 is 14.3 Å². The van der Waals surface area contributed by atoms with Crippen LogP contribution in [0.3, 0.4) is 0 Å². The van der Waals surface area contributed by atoms with Crippen LogP contribution in [0.2, 0.25) is 0 Å². The van der Waals surface area contributed by atoms with Gasteiger partial charge < -0.3 is 20.3 Å². The van der Waals surface area contributed by atoms with Gasteiger partial charge in [0.2, 0.25) is 5.91 Å². The molecule has 1 saturated heterocycles. The number of nitrogens with zero attached hydrogens (tertiary/aromatic N) is 2. The predicted molar refractivity (Wildman–Crippen MR) is 96.5 cm³/mol. The zero-order valence-corrected chi connectivity index (χ0v) is 15.1. The fourth-order valence-corrected chi connectivity index (χ4v) is 3.33. The van der Waals surface area contributed by atoms with Crippen LogP contribution in [-0.2, 0) is 4.79 Å². The van der Waals surface area contributed by atoms with Gasteiger partial charge in [0.05, 0.1) is 7.11 Å². The van der Waals surface area contributed by atoms with Gasteiger partial charge in [0.1, 0.15) is 17.0 Å². The Kier molecular flexibility index (Phi) is 4.63. The number of hydrogen-bond acceptors (Lipinski definition) is 6. The van der Waals surface area contributed by atoms with Crippen LogP contribution in [0, 0.1) is 0 Å². The molecule has 3 rings (SSSR count). The molecule has 0 bridgehead atoms. The number of nitrogens with one attached hydrogen (secondary N) is 2. The Morgan fingerprint density at radius 3 is 2.76 bits per heavy atom. The van der Waals surface area contributed by atoms with Gasteiger partial charge in [-0.3, -0.25) is 9.59 Å². The van der Waals surface area contributed by atoms with E-state index in [-0.39, 0.29) is 11.8 Å². The van der Waals surface area contributed by atoms with Crippen molar-refractivity contribution in [1.29, 1.82) is 0 Å². The predicted octanol–water partition coefficient (Wildman–Crippen LogP) is 2.25. The van der Waals surface area contributed by atoms with E-state index in [0.717, 1.165) is 11.4 Å². The Hall–Kier alpha value is -2.61. The molecule has 132 valence electrons. The van der Waals surface area contributed by atoms with Crippen molar-refractivity contribution in [3.8, 4) is 5.75 Å². The van der Waals surface area contributed by atoms with Gasteiger partial charge in [-0.05, 0) is 38.1 Å². The van der Waals surface area contributed by atoms with Gasteiger partial charge in [0.15, 0.2) is 5.13 Å². The minimum absolute atomic E-state index is 0.154. The van der Waals surface area contributed by atoms with Crippen molar-refractivity contribution in [2.45, 2.75) is 19.4 Å². The first-order chi connectivity index (χ1) is 11.9. The average Bonchev–Trinajstić information content (AvgIpc) is 3.06. The molecule has 7 nitrogen and oxygen atoms in total. The summed E-state index contributed by atoms with van der Waals surface area (Å²) in [6.45, 7) is 4.40. The summed E-state index contributed by atoms with van der Waals surface area (Å²) >= 11 is 1.35. The number of ether oxygens (including phenoxy) is 1. The van der Waals surface area contributed by atoms with Crippen molar-refractivity contribution in [2.75, 3.05) is 25.5 Å². The highest BCUT2D eigenvalue weighted by Gasteiger charge is 2.41. The molecule has 2 heterocycles. The Labute approximate surface area is 150 Å². The summed E-state index contributed by atoms with van der Waals surface area (Å²) < 4.78 is 5.13. The number of aromatic nitrogens is 1. The molecule has 0 spiro atoms. The van der Waals surface area contributed by atoms with Crippen LogP contribution >= 0.6 is 11.3 Å². The molecule has 1 aromatic heterocycles. The van der Waals surface area contributed by atoms with Gasteiger partial charge in [-0.2, -0.15) is 0 Å². The van der Waals surface area contributed by atoms with Crippen molar-refractivity contribution in [3.05, 3.63) is 35.3 Å².